The molecule has 5 rings (SSSR count). The van der Waals surface area contributed by atoms with Crippen molar-refractivity contribution in [3.05, 3.63) is 87.0 Å². The topological polar surface area (TPSA) is 85.8 Å². The summed E-state index contributed by atoms with van der Waals surface area (Å²) in [5, 5.41) is 21.6. The number of allylic oxidation sites excluding steroid dienone is 1. The first-order chi connectivity index (χ1) is 14.4. The monoisotopic (exact) mass is 426 g/mol. The fraction of sp³-hybridized carbons (Fsp3) is 0.227. The summed E-state index contributed by atoms with van der Waals surface area (Å²) in [7, 11) is 0. The molecule has 1 saturated heterocycles. The molecule has 154 valence electrons. The van der Waals surface area contributed by atoms with Gasteiger partial charge < -0.3 is 19.9 Å². The van der Waals surface area contributed by atoms with Gasteiger partial charge in [-0.15, -0.1) is 0 Å². The number of benzene rings is 2. The number of H-pyrrole nitrogens is 1. The van der Waals surface area contributed by atoms with Crippen molar-refractivity contribution in [2.24, 2.45) is 0 Å². The van der Waals surface area contributed by atoms with Crippen molar-refractivity contribution in [1.29, 1.82) is 0 Å². The van der Waals surface area contributed by atoms with Crippen molar-refractivity contribution in [3.8, 4) is 5.75 Å². The van der Waals surface area contributed by atoms with Crippen LogP contribution in [0.2, 0.25) is 0 Å². The highest BCUT2D eigenvalue weighted by Crippen LogP contribution is 2.37. The van der Waals surface area contributed by atoms with Crippen molar-refractivity contribution in [2.75, 3.05) is 19.6 Å². The van der Waals surface area contributed by atoms with E-state index in [2.05, 4.69) is 4.98 Å². The average molecular weight is 426 g/mol. The number of β-amino-alcohol motifs (C(OH)–C–C–N with tert-alkyl or cyclic N) is 2. The Balaban J connectivity index is 1.27. The first-order valence-electron chi connectivity index (χ1n) is 9.51. The number of thiazole rings is 1. The number of ether oxygens (including phenoxy) is 1. The minimum Gasteiger partial charge on any atom is -0.455 e. The van der Waals surface area contributed by atoms with Crippen LogP contribution in [0.3, 0.4) is 0 Å². The van der Waals surface area contributed by atoms with Crippen molar-refractivity contribution in [1.82, 2.24) is 9.88 Å². The highest BCUT2D eigenvalue weighted by atomic mass is 32.1. The standard InChI is InChI=1S/C22H19FN2O4S/c23-16-3-1-2-4-19(16)29-15-8-14-10-25(12-22(14,28)9-15)11-18(26)13-5-6-17-20(7-13)30-21(27)24-17/h1-9,18,26,28H,10-12H2,(H,24,27)/t18-,22-/m1/s1. The van der Waals surface area contributed by atoms with Crippen LogP contribution in [0.4, 0.5) is 4.39 Å². The zero-order valence-corrected chi connectivity index (χ0v) is 16.7. The lowest BCUT2D eigenvalue weighted by Crippen LogP contribution is -2.33. The summed E-state index contributed by atoms with van der Waals surface area (Å²) in [6.07, 6.45) is 2.56. The van der Waals surface area contributed by atoms with Gasteiger partial charge in [0, 0.05) is 19.6 Å². The van der Waals surface area contributed by atoms with E-state index in [1.165, 1.54) is 12.1 Å². The third-order valence-electron chi connectivity index (χ3n) is 5.44. The maximum Gasteiger partial charge on any atom is 0.305 e. The van der Waals surface area contributed by atoms with E-state index in [-0.39, 0.29) is 10.6 Å². The van der Waals surface area contributed by atoms with Crippen LogP contribution in [0, 0.1) is 5.82 Å². The van der Waals surface area contributed by atoms with E-state index in [1.807, 2.05) is 11.0 Å². The first-order valence-corrected chi connectivity index (χ1v) is 10.3. The fourth-order valence-electron chi connectivity index (χ4n) is 4.00. The summed E-state index contributed by atoms with van der Waals surface area (Å²) in [5.41, 5.74) is 1.03. The number of aromatic nitrogens is 1. The van der Waals surface area contributed by atoms with E-state index in [1.54, 1.807) is 36.4 Å². The van der Waals surface area contributed by atoms with Gasteiger partial charge in [-0.1, -0.05) is 29.5 Å². The molecule has 30 heavy (non-hydrogen) atoms. The van der Waals surface area contributed by atoms with Gasteiger partial charge in [-0.3, -0.25) is 9.69 Å². The zero-order chi connectivity index (χ0) is 20.9. The third kappa shape index (κ3) is 3.48. The van der Waals surface area contributed by atoms with Crippen LogP contribution in [0.25, 0.3) is 10.2 Å². The molecule has 3 N–H and O–H groups in total. The summed E-state index contributed by atoms with van der Waals surface area (Å²) in [4.78, 5) is 16.0. The van der Waals surface area contributed by atoms with E-state index >= 15 is 0 Å². The van der Waals surface area contributed by atoms with Gasteiger partial charge in [0.25, 0.3) is 0 Å². The predicted octanol–water partition coefficient (Wildman–Crippen LogP) is 2.71. The number of rotatable bonds is 5. The maximum absolute atomic E-state index is 13.8. The average Bonchev–Trinajstić information content (AvgIpc) is 3.30. The second kappa shape index (κ2) is 7.17. The van der Waals surface area contributed by atoms with Crippen molar-refractivity contribution < 1.29 is 19.3 Å². The summed E-state index contributed by atoms with van der Waals surface area (Å²) in [6.45, 7) is 1.11. The molecule has 1 aliphatic heterocycles. The Morgan fingerprint density at radius 2 is 2.13 bits per heavy atom. The third-order valence-corrected chi connectivity index (χ3v) is 6.28. The van der Waals surface area contributed by atoms with Crippen LogP contribution < -0.4 is 9.61 Å². The van der Waals surface area contributed by atoms with E-state index < -0.39 is 17.5 Å². The molecule has 0 spiro atoms. The molecule has 3 aromatic rings. The minimum absolute atomic E-state index is 0.110. The normalized spacial score (nSPS) is 22.1. The molecule has 2 heterocycles. The highest BCUT2D eigenvalue weighted by molar-refractivity contribution is 7.16. The van der Waals surface area contributed by atoms with E-state index in [0.29, 0.717) is 25.4 Å². The molecular formula is C22H19FN2O4S. The molecule has 0 radical (unpaired) electrons. The Morgan fingerprint density at radius 3 is 2.93 bits per heavy atom. The SMILES string of the molecule is O=c1[nH]c2ccc([C@H](O)CN3CC4=CC(Oc5ccccc5F)=C[C@@]4(O)C3)cc2s1. The van der Waals surface area contributed by atoms with Gasteiger partial charge >= 0.3 is 4.87 Å². The lowest BCUT2D eigenvalue weighted by atomic mass is 10.0. The quantitative estimate of drug-likeness (QED) is 0.584. The lowest BCUT2D eigenvalue weighted by molar-refractivity contribution is 0.0906. The van der Waals surface area contributed by atoms with Crippen LogP contribution in [0.1, 0.15) is 11.7 Å². The lowest BCUT2D eigenvalue weighted by Gasteiger charge is -2.22. The number of fused-ring (bicyclic) bond motifs is 2. The Hall–Kier alpha value is -2.78. The minimum atomic E-state index is -1.19. The summed E-state index contributed by atoms with van der Waals surface area (Å²) in [6, 6.07) is 11.5. The number of aliphatic hydroxyl groups excluding tert-OH is 1. The van der Waals surface area contributed by atoms with Gasteiger partial charge in [0.1, 0.15) is 11.4 Å². The van der Waals surface area contributed by atoms with Crippen LogP contribution in [-0.2, 0) is 0 Å². The molecule has 0 bridgehead atoms. The summed E-state index contributed by atoms with van der Waals surface area (Å²) in [5.74, 6) is 0.0551. The molecule has 0 amide bonds. The largest absolute Gasteiger partial charge is 0.455 e. The molecule has 1 fully saturated rings. The number of nitrogens with zero attached hydrogens (tertiary/aromatic N) is 1. The number of aliphatic hydroxyl groups is 2. The number of hydrogen-bond acceptors (Lipinski definition) is 6. The molecule has 0 unspecified atom stereocenters. The number of hydrogen-bond donors (Lipinski definition) is 3. The number of nitrogens with one attached hydrogen (secondary N) is 1. The fourth-order valence-corrected chi connectivity index (χ4v) is 4.78. The molecule has 6 nitrogen and oxygen atoms in total. The van der Waals surface area contributed by atoms with E-state index in [4.69, 9.17) is 4.74 Å². The molecule has 8 heteroatoms. The number of aromatic amines is 1. The zero-order valence-electron chi connectivity index (χ0n) is 15.8. The molecule has 2 aromatic carbocycles. The molecular weight excluding hydrogens is 407 g/mol. The van der Waals surface area contributed by atoms with Gasteiger partial charge in [0.2, 0.25) is 0 Å². The van der Waals surface area contributed by atoms with Gasteiger partial charge in [-0.2, -0.15) is 0 Å². The van der Waals surface area contributed by atoms with Crippen molar-refractivity contribution in [3.63, 3.8) is 0 Å². The van der Waals surface area contributed by atoms with E-state index in [9.17, 15) is 19.4 Å². The number of para-hydroxylation sites is 1. The van der Waals surface area contributed by atoms with Crippen LogP contribution in [0.15, 0.2) is 70.7 Å². The van der Waals surface area contributed by atoms with Gasteiger partial charge in [-0.05, 0) is 47.6 Å². The van der Waals surface area contributed by atoms with Gasteiger partial charge in [0.15, 0.2) is 11.6 Å². The van der Waals surface area contributed by atoms with Gasteiger partial charge in [0.05, 0.1) is 16.3 Å². The first kappa shape index (κ1) is 19.2. The Kier molecular flexibility index (Phi) is 4.59. The van der Waals surface area contributed by atoms with Crippen LogP contribution in [0.5, 0.6) is 5.75 Å². The molecule has 0 saturated carbocycles. The van der Waals surface area contributed by atoms with Gasteiger partial charge in [-0.25, -0.2) is 4.39 Å². The van der Waals surface area contributed by atoms with Crippen molar-refractivity contribution in [2.45, 2.75) is 11.7 Å². The highest BCUT2D eigenvalue weighted by Gasteiger charge is 2.43. The smallest absolute Gasteiger partial charge is 0.305 e. The van der Waals surface area contributed by atoms with E-state index in [0.717, 1.165) is 32.7 Å². The number of likely N-dealkylation sites (tertiary alicyclic amines) is 1. The van der Waals surface area contributed by atoms with Crippen LogP contribution >= 0.6 is 11.3 Å². The Morgan fingerprint density at radius 1 is 1.30 bits per heavy atom. The molecule has 1 aliphatic carbocycles. The summed E-state index contributed by atoms with van der Waals surface area (Å²) < 4.78 is 20.2. The molecule has 2 aliphatic rings. The van der Waals surface area contributed by atoms with Crippen LogP contribution in [-0.4, -0.2) is 45.3 Å². The summed E-state index contributed by atoms with van der Waals surface area (Å²) >= 11 is 1.11. The number of halogens is 1. The maximum atomic E-state index is 13.8. The Bertz CT molecular complexity index is 1250. The van der Waals surface area contributed by atoms with Crippen molar-refractivity contribution >= 4 is 21.6 Å². The molecule has 1 aromatic heterocycles. The Labute approximate surface area is 175 Å². The second-order valence-corrected chi connectivity index (χ2v) is 8.64. The predicted molar refractivity (Wildman–Crippen MR) is 112 cm³/mol. The molecule has 2 atom stereocenters. The second-order valence-electron chi connectivity index (χ2n) is 7.63.